The van der Waals surface area contributed by atoms with Gasteiger partial charge in [0.15, 0.2) is 0 Å². The first-order valence-corrected chi connectivity index (χ1v) is 10.4. The first-order chi connectivity index (χ1) is 13.0. The van der Waals surface area contributed by atoms with Crippen molar-refractivity contribution in [1.82, 2.24) is 5.32 Å². The van der Waals surface area contributed by atoms with Gasteiger partial charge in [-0.25, -0.2) is 0 Å². The smallest absolute Gasteiger partial charge is 0.234 e. The van der Waals surface area contributed by atoms with E-state index in [9.17, 15) is 14.9 Å². The highest BCUT2D eigenvalue weighted by Crippen LogP contribution is 2.37. The number of thioether (sulfide) groups is 1. The summed E-state index contributed by atoms with van der Waals surface area (Å²) in [4.78, 5) is 25.3. The molecule has 0 saturated carbocycles. The minimum Gasteiger partial charge on any atom is -0.325 e. The van der Waals surface area contributed by atoms with Crippen molar-refractivity contribution in [2.45, 2.75) is 19.3 Å². The molecule has 1 aromatic heterocycles. The Morgan fingerprint density at radius 2 is 2.30 bits per heavy atom. The number of halogens is 1. The minimum atomic E-state index is -0.259. The predicted octanol–water partition coefficient (Wildman–Crippen LogP) is 4.42. The number of thiophene rings is 1. The van der Waals surface area contributed by atoms with Gasteiger partial charge < -0.3 is 10.6 Å². The lowest BCUT2D eigenvalue weighted by Crippen LogP contribution is -2.31. The van der Waals surface area contributed by atoms with Crippen LogP contribution in [-0.4, -0.2) is 17.6 Å². The number of nitrogens with one attached hydrogen (secondary N) is 2. The Kier molecular flexibility index (Phi) is 6.22. The monoisotopic (exact) mass is 417 g/mol. The second-order valence-corrected chi connectivity index (χ2v) is 8.35. The van der Waals surface area contributed by atoms with Crippen molar-refractivity contribution in [2.75, 3.05) is 11.1 Å². The molecule has 0 fully saturated rings. The standard InChI is InChI=1S/C19H16ClN3O2S2/c1-11-4-5-12(7-15(11)20)22-18(25)10-27-19-14(9-21)13(8-17(24)23-19)16-3-2-6-26-16/h2-7,13H,8,10H2,1H3,(H,22,25)(H,23,24). The van der Waals surface area contributed by atoms with Crippen LogP contribution >= 0.6 is 34.7 Å². The summed E-state index contributed by atoms with van der Waals surface area (Å²) in [6.07, 6.45) is 0.238. The zero-order chi connectivity index (χ0) is 19.4. The number of carbonyl (C=O) groups is 2. The molecule has 1 aliphatic heterocycles. The molecule has 0 spiro atoms. The van der Waals surface area contributed by atoms with E-state index in [1.165, 1.54) is 11.3 Å². The van der Waals surface area contributed by atoms with Crippen molar-refractivity contribution in [2.24, 2.45) is 0 Å². The Hall–Kier alpha value is -2.27. The summed E-state index contributed by atoms with van der Waals surface area (Å²) in [6.45, 7) is 1.88. The number of hydrogen-bond acceptors (Lipinski definition) is 5. The van der Waals surface area contributed by atoms with E-state index in [0.29, 0.717) is 21.3 Å². The molecule has 2 heterocycles. The first-order valence-electron chi connectivity index (χ1n) is 8.14. The van der Waals surface area contributed by atoms with Gasteiger partial charge in [0.2, 0.25) is 11.8 Å². The fraction of sp³-hybridized carbons (Fsp3) is 0.211. The molecule has 3 rings (SSSR count). The number of aryl methyl sites for hydroxylation is 1. The molecule has 2 amide bonds. The van der Waals surface area contributed by atoms with Gasteiger partial charge in [-0.2, -0.15) is 5.26 Å². The molecule has 0 aliphatic carbocycles. The minimum absolute atomic E-state index is 0.0729. The van der Waals surface area contributed by atoms with E-state index in [4.69, 9.17) is 11.6 Å². The van der Waals surface area contributed by atoms with Crippen LogP contribution < -0.4 is 10.6 Å². The van der Waals surface area contributed by atoms with E-state index in [-0.39, 0.29) is 29.9 Å². The molecule has 5 nitrogen and oxygen atoms in total. The Morgan fingerprint density at radius 1 is 1.48 bits per heavy atom. The molecule has 138 valence electrons. The van der Waals surface area contributed by atoms with Crippen LogP contribution in [0.4, 0.5) is 5.69 Å². The molecule has 1 aliphatic rings. The Bertz CT molecular complexity index is 948. The van der Waals surface area contributed by atoms with Gasteiger partial charge in [0, 0.05) is 27.9 Å². The third-order valence-corrected chi connectivity index (χ3v) is 6.46. The number of benzene rings is 1. The van der Waals surface area contributed by atoms with Crippen LogP contribution in [0.1, 0.15) is 22.8 Å². The summed E-state index contributed by atoms with van der Waals surface area (Å²) in [5, 5.41) is 18.0. The van der Waals surface area contributed by atoms with Crippen molar-refractivity contribution in [3.05, 3.63) is 61.8 Å². The second kappa shape index (κ2) is 8.61. The average Bonchev–Trinajstić information content (AvgIpc) is 3.17. The third kappa shape index (κ3) is 4.72. The molecule has 8 heteroatoms. The zero-order valence-corrected chi connectivity index (χ0v) is 16.8. The molecular formula is C19H16ClN3O2S2. The molecule has 2 aromatic rings. The Balaban J connectivity index is 1.71. The number of allylic oxidation sites excluding steroid dienone is 1. The van der Waals surface area contributed by atoms with Gasteiger partial charge in [-0.3, -0.25) is 9.59 Å². The van der Waals surface area contributed by atoms with Gasteiger partial charge in [0.25, 0.3) is 0 Å². The molecule has 2 N–H and O–H groups in total. The molecule has 1 aromatic carbocycles. The van der Waals surface area contributed by atoms with Gasteiger partial charge in [0.05, 0.1) is 22.4 Å². The molecule has 0 bridgehead atoms. The van der Waals surface area contributed by atoms with Crippen LogP contribution in [0.5, 0.6) is 0 Å². The topological polar surface area (TPSA) is 82.0 Å². The zero-order valence-electron chi connectivity index (χ0n) is 14.4. The number of rotatable bonds is 5. The summed E-state index contributed by atoms with van der Waals surface area (Å²) < 4.78 is 0. The van der Waals surface area contributed by atoms with E-state index < -0.39 is 0 Å². The van der Waals surface area contributed by atoms with E-state index in [1.807, 2.05) is 30.5 Å². The van der Waals surface area contributed by atoms with E-state index >= 15 is 0 Å². The van der Waals surface area contributed by atoms with Crippen LogP contribution in [0.15, 0.2) is 46.3 Å². The van der Waals surface area contributed by atoms with Gasteiger partial charge in [-0.1, -0.05) is 35.5 Å². The molecular weight excluding hydrogens is 402 g/mol. The van der Waals surface area contributed by atoms with Crippen LogP contribution in [0.25, 0.3) is 0 Å². The number of carbonyl (C=O) groups excluding carboxylic acids is 2. The quantitative estimate of drug-likeness (QED) is 0.754. The summed E-state index contributed by atoms with van der Waals surface area (Å²) in [7, 11) is 0. The SMILES string of the molecule is Cc1ccc(NC(=O)CSC2=C(C#N)C(c3cccs3)CC(=O)N2)cc1Cl. The van der Waals surface area contributed by atoms with Crippen LogP contribution in [0.2, 0.25) is 5.02 Å². The fourth-order valence-electron chi connectivity index (χ4n) is 2.67. The van der Waals surface area contributed by atoms with E-state index in [2.05, 4.69) is 16.7 Å². The number of amides is 2. The first kappa shape index (κ1) is 19.5. The van der Waals surface area contributed by atoms with Crippen molar-refractivity contribution < 1.29 is 9.59 Å². The van der Waals surface area contributed by atoms with Gasteiger partial charge in [-0.15, -0.1) is 11.3 Å². The maximum Gasteiger partial charge on any atom is 0.234 e. The van der Waals surface area contributed by atoms with E-state index in [0.717, 1.165) is 22.2 Å². The van der Waals surface area contributed by atoms with Crippen molar-refractivity contribution in [3.63, 3.8) is 0 Å². The maximum atomic E-state index is 12.2. The maximum absolute atomic E-state index is 12.2. The fourth-order valence-corrected chi connectivity index (χ4v) is 4.57. The Morgan fingerprint density at radius 3 is 2.96 bits per heavy atom. The molecule has 0 radical (unpaired) electrons. The van der Waals surface area contributed by atoms with Crippen LogP contribution in [0.3, 0.4) is 0 Å². The number of hydrogen-bond donors (Lipinski definition) is 2. The second-order valence-electron chi connectivity index (χ2n) is 5.98. The highest BCUT2D eigenvalue weighted by molar-refractivity contribution is 8.03. The van der Waals surface area contributed by atoms with Crippen molar-refractivity contribution in [3.8, 4) is 6.07 Å². The predicted molar refractivity (Wildman–Crippen MR) is 110 cm³/mol. The summed E-state index contributed by atoms with van der Waals surface area (Å²) in [6, 6.07) is 11.3. The summed E-state index contributed by atoms with van der Waals surface area (Å²) >= 11 is 8.74. The van der Waals surface area contributed by atoms with E-state index in [1.54, 1.807) is 12.1 Å². The van der Waals surface area contributed by atoms with Crippen molar-refractivity contribution >= 4 is 52.2 Å². The number of anilines is 1. The summed E-state index contributed by atoms with van der Waals surface area (Å²) in [5.41, 5.74) is 2.03. The van der Waals surface area contributed by atoms with Gasteiger partial charge in [-0.05, 0) is 36.1 Å². The lowest BCUT2D eigenvalue weighted by atomic mass is 9.93. The Labute approximate surface area is 170 Å². The molecule has 1 atom stereocenters. The highest BCUT2D eigenvalue weighted by Gasteiger charge is 2.30. The van der Waals surface area contributed by atoms with Crippen LogP contribution in [-0.2, 0) is 9.59 Å². The van der Waals surface area contributed by atoms with Crippen LogP contribution in [0, 0.1) is 18.3 Å². The lowest BCUT2D eigenvalue weighted by Gasteiger charge is -2.23. The highest BCUT2D eigenvalue weighted by atomic mass is 35.5. The van der Waals surface area contributed by atoms with Crippen molar-refractivity contribution in [1.29, 1.82) is 5.26 Å². The average molecular weight is 418 g/mol. The number of nitriles is 1. The van der Waals surface area contributed by atoms with Gasteiger partial charge >= 0.3 is 0 Å². The normalized spacial score (nSPS) is 16.6. The lowest BCUT2D eigenvalue weighted by molar-refractivity contribution is -0.121. The molecule has 0 saturated heterocycles. The molecule has 1 unspecified atom stereocenters. The third-order valence-electron chi connectivity index (χ3n) is 4.05. The summed E-state index contributed by atoms with van der Waals surface area (Å²) in [5.74, 6) is -0.577. The van der Waals surface area contributed by atoms with Gasteiger partial charge in [0.1, 0.15) is 0 Å². The number of nitrogens with zero attached hydrogens (tertiary/aromatic N) is 1. The molecule has 27 heavy (non-hydrogen) atoms. The largest absolute Gasteiger partial charge is 0.325 e.